The molecule has 0 bridgehead atoms. The minimum Gasteiger partial charge on any atom is -0.378 e. The Balaban J connectivity index is 1.46. The van der Waals surface area contributed by atoms with E-state index >= 15 is 0 Å². The number of amides is 1. The number of aromatic nitrogens is 4. The van der Waals surface area contributed by atoms with Gasteiger partial charge in [0.2, 0.25) is 0 Å². The second-order valence-corrected chi connectivity index (χ2v) is 7.21. The van der Waals surface area contributed by atoms with Crippen LogP contribution >= 0.6 is 0 Å². The molecule has 2 N–H and O–H groups in total. The number of morpholine rings is 1. The SMILES string of the molecule is O=C(Nc1cncc(F)c1)c1n[nH]c2ccc(-c3cncc(N4CCOCC4)c3)cc12. The molecule has 5 rings (SSSR count). The van der Waals surface area contributed by atoms with Crippen LogP contribution in [-0.4, -0.2) is 52.4 Å². The Morgan fingerprint density at radius 2 is 1.87 bits per heavy atom. The first-order valence-corrected chi connectivity index (χ1v) is 9.85. The van der Waals surface area contributed by atoms with Gasteiger partial charge in [0.05, 0.1) is 48.7 Å². The van der Waals surface area contributed by atoms with Crippen molar-refractivity contribution in [2.24, 2.45) is 0 Å². The van der Waals surface area contributed by atoms with Crippen LogP contribution in [0.1, 0.15) is 10.5 Å². The van der Waals surface area contributed by atoms with Crippen LogP contribution in [0.5, 0.6) is 0 Å². The van der Waals surface area contributed by atoms with Crippen molar-refractivity contribution in [1.29, 1.82) is 0 Å². The summed E-state index contributed by atoms with van der Waals surface area (Å²) in [4.78, 5) is 23.1. The maximum Gasteiger partial charge on any atom is 0.276 e. The van der Waals surface area contributed by atoms with E-state index in [9.17, 15) is 9.18 Å². The van der Waals surface area contributed by atoms with Gasteiger partial charge in [-0.2, -0.15) is 5.10 Å². The van der Waals surface area contributed by atoms with Gasteiger partial charge in [-0.3, -0.25) is 19.9 Å². The first-order valence-electron chi connectivity index (χ1n) is 9.85. The molecule has 3 aromatic heterocycles. The van der Waals surface area contributed by atoms with Gasteiger partial charge in [0.25, 0.3) is 5.91 Å². The van der Waals surface area contributed by atoms with Crippen molar-refractivity contribution in [3.8, 4) is 11.1 Å². The number of anilines is 2. The molecule has 1 aliphatic rings. The highest BCUT2D eigenvalue weighted by Crippen LogP contribution is 2.28. The number of pyridine rings is 2. The average Bonchev–Trinajstić information content (AvgIpc) is 3.23. The van der Waals surface area contributed by atoms with E-state index in [1.165, 1.54) is 12.3 Å². The number of rotatable bonds is 4. The summed E-state index contributed by atoms with van der Waals surface area (Å²) in [5.74, 6) is -0.976. The van der Waals surface area contributed by atoms with Gasteiger partial charge in [-0.15, -0.1) is 0 Å². The van der Waals surface area contributed by atoms with E-state index < -0.39 is 11.7 Å². The number of carbonyl (C=O) groups excluding carboxylic acids is 1. The largest absolute Gasteiger partial charge is 0.378 e. The summed E-state index contributed by atoms with van der Waals surface area (Å²) < 4.78 is 18.8. The molecule has 0 spiro atoms. The normalized spacial score (nSPS) is 14.0. The Hall–Kier alpha value is -3.85. The molecule has 4 heterocycles. The molecule has 1 amide bonds. The van der Waals surface area contributed by atoms with Gasteiger partial charge in [-0.1, -0.05) is 6.07 Å². The number of fused-ring (bicyclic) bond motifs is 1. The lowest BCUT2D eigenvalue weighted by Crippen LogP contribution is -2.36. The lowest BCUT2D eigenvalue weighted by atomic mass is 10.0. The number of nitrogens with one attached hydrogen (secondary N) is 2. The van der Waals surface area contributed by atoms with E-state index in [2.05, 4.69) is 36.4 Å². The summed E-state index contributed by atoms with van der Waals surface area (Å²) in [5.41, 5.74) is 4.09. The second kappa shape index (κ2) is 8.11. The Morgan fingerprint density at radius 3 is 2.71 bits per heavy atom. The van der Waals surface area contributed by atoms with E-state index in [4.69, 9.17) is 4.74 Å². The van der Waals surface area contributed by atoms with Crippen molar-refractivity contribution in [1.82, 2.24) is 20.2 Å². The van der Waals surface area contributed by atoms with Crippen molar-refractivity contribution in [2.75, 3.05) is 36.5 Å². The number of H-pyrrole nitrogens is 1. The molecule has 1 fully saturated rings. The number of nitrogens with zero attached hydrogens (tertiary/aromatic N) is 4. The maximum absolute atomic E-state index is 13.4. The van der Waals surface area contributed by atoms with E-state index in [1.807, 2.05) is 24.4 Å². The Labute approximate surface area is 177 Å². The Bertz CT molecular complexity index is 1250. The number of carbonyl (C=O) groups is 1. The first-order chi connectivity index (χ1) is 15.2. The predicted molar refractivity (Wildman–Crippen MR) is 115 cm³/mol. The molecule has 0 saturated carbocycles. The summed E-state index contributed by atoms with van der Waals surface area (Å²) in [6.07, 6.45) is 6.09. The van der Waals surface area contributed by atoms with Gasteiger partial charge in [0.15, 0.2) is 5.69 Å². The molecule has 31 heavy (non-hydrogen) atoms. The van der Waals surface area contributed by atoms with Gasteiger partial charge >= 0.3 is 0 Å². The smallest absolute Gasteiger partial charge is 0.276 e. The zero-order valence-corrected chi connectivity index (χ0v) is 16.5. The Morgan fingerprint density at radius 1 is 1.03 bits per heavy atom. The molecule has 1 saturated heterocycles. The average molecular weight is 418 g/mol. The minimum absolute atomic E-state index is 0.221. The van der Waals surface area contributed by atoms with Crippen LogP contribution in [0, 0.1) is 5.82 Å². The molecule has 0 radical (unpaired) electrons. The number of halogens is 1. The molecular weight excluding hydrogens is 399 g/mol. The van der Waals surface area contributed by atoms with E-state index in [-0.39, 0.29) is 11.4 Å². The third-order valence-electron chi connectivity index (χ3n) is 5.17. The highest BCUT2D eigenvalue weighted by molar-refractivity contribution is 6.11. The van der Waals surface area contributed by atoms with E-state index in [1.54, 1.807) is 6.20 Å². The zero-order chi connectivity index (χ0) is 21.2. The van der Waals surface area contributed by atoms with Crippen LogP contribution in [-0.2, 0) is 4.74 Å². The van der Waals surface area contributed by atoms with Crippen molar-refractivity contribution >= 4 is 28.2 Å². The van der Waals surface area contributed by atoms with Gasteiger partial charge in [0.1, 0.15) is 5.82 Å². The Kier molecular flexibility index (Phi) is 5.01. The number of hydrogen-bond acceptors (Lipinski definition) is 6. The molecule has 1 aromatic carbocycles. The van der Waals surface area contributed by atoms with Crippen molar-refractivity contribution in [2.45, 2.75) is 0 Å². The van der Waals surface area contributed by atoms with Crippen molar-refractivity contribution < 1.29 is 13.9 Å². The van der Waals surface area contributed by atoms with Crippen LogP contribution < -0.4 is 10.2 Å². The standard InChI is InChI=1S/C22H19FN6O2/c23-16-9-17(12-25-11-16)26-22(30)21-19-8-14(1-2-20(19)27-28-21)15-7-18(13-24-10-15)29-3-5-31-6-4-29/h1-2,7-13H,3-6H2,(H,26,30)(H,27,28). The fourth-order valence-electron chi connectivity index (χ4n) is 3.62. The number of benzene rings is 1. The third-order valence-corrected chi connectivity index (χ3v) is 5.17. The highest BCUT2D eigenvalue weighted by Gasteiger charge is 2.17. The predicted octanol–water partition coefficient (Wildman–Crippen LogP) is 3.25. The molecule has 0 atom stereocenters. The molecule has 9 heteroatoms. The summed E-state index contributed by atoms with van der Waals surface area (Å²) >= 11 is 0. The van der Waals surface area contributed by atoms with Crippen LogP contribution in [0.2, 0.25) is 0 Å². The minimum atomic E-state index is -0.528. The molecule has 8 nitrogen and oxygen atoms in total. The number of ether oxygens (including phenoxy) is 1. The summed E-state index contributed by atoms with van der Waals surface area (Å²) in [6, 6.07) is 9.02. The van der Waals surface area contributed by atoms with Crippen molar-refractivity contribution in [3.63, 3.8) is 0 Å². The molecule has 0 aliphatic carbocycles. The lowest BCUT2D eigenvalue weighted by molar-refractivity contribution is 0.102. The lowest BCUT2D eigenvalue weighted by Gasteiger charge is -2.28. The van der Waals surface area contributed by atoms with Crippen LogP contribution in [0.15, 0.2) is 55.1 Å². The van der Waals surface area contributed by atoms with Crippen molar-refractivity contribution in [3.05, 3.63) is 66.6 Å². The number of aromatic amines is 1. The first kappa shape index (κ1) is 19.1. The van der Waals surface area contributed by atoms with E-state index in [0.717, 1.165) is 41.6 Å². The summed E-state index contributed by atoms with van der Waals surface area (Å²) in [5, 5.41) is 10.3. The number of hydrogen-bond donors (Lipinski definition) is 2. The van der Waals surface area contributed by atoms with Gasteiger partial charge in [-0.25, -0.2) is 4.39 Å². The monoisotopic (exact) mass is 418 g/mol. The van der Waals surface area contributed by atoms with Crippen LogP contribution in [0.3, 0.4) is 0 Å². The quantitative estimate of drug-likeness (QED) is 0.528. The fraction of sp³-hybridized carbons (Fsp3) is 0.182. The molecule has 156 valence electrons. The van der Waals surface area contributed by atoms with Gasteiger partial charge in [0, 0.05) is 36.3 Å². The maximum atomic E-state index is 13.4. The van der Waals surface area contributed by atoms with E-state index in [0.29, 0.717) is 18.6 Å². The summed E-state index contributed by atoms with van der Waals surface area (Å²) in [6.45, 7) is 3.05. The molecule has 4 aromatic rings. The van der Waals surface area contributed by atoms with Gasteiger partial charge in [-0.05, 0) is 23.8 Å². The third kappa shape index (κ3) is 3.95. The molecule has 0 unspecified atom stereocenters. The second-order valence-electron chi connectivity index (χ2n) is 7.21. The van der Waals surface area contributed by atoms with Crippen LogP contribution in [0.25, 0.3) is 22.0 Å². The van der Waals surface area contributed by atoms with Gasteiger partial charge < -0.3 is 15.0 Å². The topological polar surface area (TPSA) is 96.0 Å². The summed E-state index contributed by atoms with van der Waals surface area (Å²) in [7, 11) is 0. The molecule has 1 aliphatic heterocycles. The van der Waals surface area contributed by atoms with Crippen LogP contribution in [0.4, 0.5) is 15.8 Å². The molecular formula is C22H19FN6O2. The zero-order valence-electron chi connectivity index (χ0n) is 16.5. The fourth-order valence-corrected chi connectivity index (χ4v) is 3.62. The highest BCUT2D eigenvalue weighted by atomic mass is 19.1.